The van der Waals surface area contributed by atoms with E-state index in [1.807, 2.05) is 0 Å². The van der Waals surface area contributed by atoms with Crippen LogP contribution in [0.2, 0.25) is 5.15 Å². The molecule has 2 N–H and O–H groups in total. The highest BCUT2D eigenvalue weighted by Gasteiger charge is 2.20. The van der Waals surface area contributed by atoms with E-state index < -0.39 is 9.05 Å². The molecule has 0 unspecified atom stereocenters. The Morgan fingerprint density at radius 1 is 1.20 bits per heavy atom. The lowest BCUT2D eigenvalue weighted by Gasteiger charge is -2.28. The molecule has 7 heteroatoms. The molecule has 0 aliphatic heterocycles. The highest BCUT2D eigenvalue weighted by Crippen LogP contribution is 2.24. The van der Waals surface area contributed by atoms with Gasteiger partial charge in [-0.15, -0.1) is 0 Å². The third-order valence-electron chi connectivity index (χ3n) is 1.97. The van der Waals surface area contributed by atoms with Crippen LogP contribution >= 0.6 is 22.3 Å². The molecule has 0 radical (unpaired) electrons. The van der Waals surface area contributed by atoms with Crippen LogP contribution in [0.3, 0.4) is 0 Å². The molecule has 20 heavy (non-hydrogen) atoms. The van der Waals surface area contributed by atoms with Crippen molar-refractivity contribution in [2.45, 2.75) is 51.5 Å². The second-order valence-corrected chi connectivity index (χ2v) is 9.43. The number of nitrogens with zero attached hydrogens (tertiary/aromatic N) is 1. The molecule has 0 saturated heterocycles. The summed E-state index contributed by atoms with van der Waals surface area (Å²) in [6.07, 6.45) is 2.17. The van der Waals surface area contributed by atoms with Crippen molar-refractivity contribution in [3.63, 3.8) is 0 Å². The first-order chi connectivity index (χ1) is 8.71. The van der Waals surface area contributed by atoms with E-state index in [1.54, 1.807) is 0 Å². The Kier molecular flexibility index (Phi) is 6.94. The maximum atomic E-state index is 10.6. The summed E-state index contributed by atoms with van der Waals surface area (Å²) in [5.41, 5.74) is 6.17. The average molecular weight is 341 g/mol. The molecular formula is C13H22Cl2N2O2S. The predicted octanol–water partition coefficient (Wildman–Crippen LogP) is 3.82. The number of hydrogen-bond donors (Lipinski definition) is 1. The molecule has 0 amide bonds. The molecule has 0 atom stereocenters. The molecule has 1 rings (SSSR count). The number of halogens is 2. The van der Waals surface area contributed by atoms with Crippen LogP contribution in [-0.4, -0.2) is 18.9 Å². The normalized spacial score (nSPS) is 12.6. The summed E-state index contributed by atoms with van der Waals surface area (Å²) in [6.45, 7) is 10.8. The summed E-state index contributed by atoms with van der Waals surface area (Å²) in [6, 6.07) is 2.65. The van der Waals surface area contributed by atoms with Crippen molar-refractivity contribution in [2.75, 3.05) is 0 Å². The van der Waals surface area contributed by atoms with Crippen LogP contribution in [0.15, 0.2) is 23.2 Å². The zero-order chi connectivity index (χ0) is 16.2. The molecule has 4 nitrogen and oxygen atoms in total. The van der Waals surface area contributed by atoms with Gasteiger partial charge < -0.3 is 5.73 Å². The van der Waals surface area contributed by atoms with Crippen molar-refractivity contribution in [2.24, 2.45) is 11.1 Å². The van der Waals surface area contributed by atoms with Gasteiger partial charge in [-0.2, -0.15) is 0 Å². The maximum absolute atomic E-state index is 10.6. The van der Waals surface area contributed by atoms with Gasteiger partial charge in [0.05, 0.1) is 0 Å². The lowest BCUT2D eigenvalue weighted by atomic mass is 9.82. The van der Waals surface area contributed by atoms with Gasteiger partial charge in [0.15, 0.2) is 0 Å². The monoisotopic (exact) mass is 340 g/mol. The molecule has 0 fully saturated rings. The quantitative estimate of drug-likeness (QED) is 0.655. The molecule has 116 valence electrons. The van der Waals surface area contributed by atoms with E-state index >= 15 is 0 Å². The average Bonchev–Trinajstić information content (AvgIpc) is 2.11. The minimum absolute atomic E-state index is 0.0156. The SMILES string of the molecule is CC(C)(C)CC(C)(C)N.O=S(=O)(Cl)c1ccc(Cl)nc1. The maximum Gasteiger partial charge on any atom is 0.262 e. The van der Waals surface area contributed by atoms with Gasteiger partial charge in [0.2, 0.25) is 0 Å². The molecule has 1 aromatic rings. The Morgan fingerprint density at radius 3 is 1.90 bits per heavy atom. The van der Waals surface area contributed by atoms with Crippen LogP contribution in [0.1, 0.15) is 41.0 Å². The van der Waals surface area contributed by atoms with Crippen molar-refractivity contribution < 1.29 is 8.42 Å². The minimum Gasteiger partial charge on any atom is -0.326 e. The second-order valence-electron chi connectivity index (χ2n) is 6.48. The van der Waals surface area contributed by atoms with Gasteiger partial charge in [-0.05, 0) is 37.8 Å². The van der Waals surface area contributed by atoms with Crippen LogP contribution in [0, 0.1) is 5.41 Å². The molecule has 0 bridgehead atoms. The topological polar surface area (TPSA) is 73.1 Å². The van der Waals surface area contributed by atoms with E-state index in [1.165, 1.54) is 12.1 Å². The lowest BCUT2D eigenvalue weighted by molar-refractivity contribution is 0.286. The first kappa shape index (κ1) is 19.6. The molecule has 0 saturated carbocycles. The van der Waals surface area contributed by atoms with Crippen molar-refractivity contribution >= 4 is 31.3 Å². The van der Waals surface area contributed by atoms with Gasteiger partial charge in [-0.1, -0.05) is 32.4 Å². The van der Waals surface area contributed by atoms with Crippen LogP contribution in [-0.2, 0) is 9.05 Å². The number of hydrogen-bond acceptors (Lipinski definition) is 4. The minimum atomic E-state index is -3.67. The van der Waals surface area contributed by atoms with Crippen molar-refractivity contribution in [3.8, 4) is 0 Å². The first-order valence-electron chi connectivity index (χ1n) is 6.06. The summed E-state index contributed by atoms with van der Waals surface area (Å²) >= 11 is 5.41. The van der Waals surface area contributed by atoms with Gasteiger partial charge in [0.25, 0.3) is 9.05 Å². The highest BCUT2D eigenvalue weighted by molar-refractivity contribution is 8.13. The van der Waals surface area contributed by atoms with Crippen molar-refractivity contribution in [1.29, 1.82) is 0 Å². The third kappa shape index (κ3) is 10.4. The van der Waals surface area contributed by atoms with E-state index in [-0.39, 0.29) is 15.6 Å². The molecule has 0 aliphatic carbocycles. The Morgan fingerprint density at radius 2 is 1.70 bits per heavy atom. The van der Waals surface area contributed by atoms with Crippen LogP contribution < -0.4 is 5.73 Å². The Labute approximate surface area is 131 Å². The van der Waals surface area contributed by atoms with Gasteiger partial charge in [0, 0.05) is 22.4 Å². The van der Waals surface area contributed by atoms with Crippen LogP contribution in [0.25, 0.3) is 0 Å². The van der Waals surface area contributed by atoms with Gasteiger partial charge >= 0.3 is 0 Å². The third-order valence-corrected chi connectivity index (χ3v) is 3.53. The van der Waals surface area contributed by atoms with Crippen LogP contribution in [0.5, 0.6) is 0 Å². The van der Waals surface area contributed by atoms with E-state index in [2.05, 4.69) is 39.6 Å². The van der Waals surface area contributed by atoms with Crippen molar-refractivity contribution in [3.05, 3.63) is 23.5 Å². The molecule has 0 aromatic carbocycles. The fourth-order valence-electron chi connectivity index (χ4n) is 1.87. The largest absolute Gasteiger partial charge is 0.326 e. The highest BCUT2D eigenvalue weighted by atomic mass is 35.7. The Hall–Kier alpha value is -0.360. The molecule has 0 aliphatic rings. The number of pyridine rings is 1. The van der Waals surface area contributed by atoms with Crippen molar-refractivity contribution in [1.82, 2.24) is 4.98 Å². The summed E-state index contributed by atoms with van der Waals surface area (Å²) in [5, 5.41) is 0.231. The predicted molar refractivity (Wildman–Crippen MR) is 84.6 cm³/mol. The summed E-state index contributed by atoms with van der Waals surface area (Å²) < 4.78 is 21.3. The van der Waals surface area contributed by atoms with Gasteiger partial charge in [0.1, 0.15) is 10.0 Å². The zero-order valence-corrected chi connectivity index (χ0v) is 14.8. The Bertz CT molecular complexity index is 503. The van der Waals surface area contributed by atoms with Gasteiger partial charge in [-0.25, -0.2) is 13.4 Å². The lowest BCUT2D eigenvalue weighted by Crippen LogP contribution is -2.36. The van der Waals surface area contributed by atoms with E-state index in [9.17, 15) is 8.42 Å². The molecule has 1 heterocycles. The summed E-state index contributed by atoms with van der Waals surface area (Å²) in [4.78, 5) is 3.50. The Balaban J connectivity index is 0.000000370. The van der Waals surface area contributed by atoms with E-state index in [0.29, 0.717) is 5.41 Å². The summed E-state index contributed by atoms with van der Waals surface area (Å²) in [7, 11) is 1.33. The number of aromatic nitrogens is 1. The zero-order valence-electron chi connectivity index (χ0n) is 12.4. The molecular weight excluding hydrogens is 319 g/mol. The van der Waals surface area contributed by atoms with E-state index in [4.69, 9.17) is 28.0 Å². The fraction of sp³-hybridized carbons (Fsp3) is 0.615. The van der Waals surface area contributed by atoms with Crippen LogP contribution in [0.4, 0.5) is 0 Å². The molecule has 1 aromatic heterocycles. The van der Waals surface area contributed by atoms with E-state index in [0.717, 1.165) is 12.6 Å². The fourth-order valence-corrected chi connectivity index (χ4v) is 2.67. The molecule has 0 spiro atoms. The summed E-state index contributed by atoms with van der Waals surface area (Å²) in [5.74, 6) is 0. The van der Waals surface area contributed by atoms with Gasteiger partial charge in [-0.3, -0.25) is 0 Å². The number of rotatable bonds is 2. The second kappa shape index (κ2) is 7.07. The smallest absolute Gasteiger partial charge is 0.262 e. The first-order valence-corrected chi connectivity index (χ1v) is 8.74. The standard InChI is InChI=1S/C8H19N.C5H3Cl2NO2S/c1-7(2,3)6-8(4,5)9;6-5-2-1-4(3-8-5)11(7,9)10/h6,9H2,1-5H3;1-3H. The number of nitrogens with two attached hydrogens (primary N) is 1.